The normalized spacial score (nSPS) is 13.9. The van der Waals surface area contributed by atoms with Crippen molar-refractivity contribution in [2.45, 2.75) is 25.5 Å². The van der Waals surface area contributed by atoms with Gasteiger partial charge in [-0.25, -0.2) is 4.98 Å². The molecule has 0 aliphatic heterocycles. The standard InChI is InChI=1S/C16H17N3O3/c1-11(7-14(20)15-3-2-6-22-15)18-16(21)12-4-5-19-10-17-9-13(19)8-12/h2-6,8-11,14,20H,7H2,1H3,(H,18,21). The predicted octanol–water partition coefficient (Wildman–Crippen LogP) is 2.17. The SMILES string of the molecule is CC(CC(O)c1ccco1)NC(=O)c1ccn2cncc2c1. The Morgan fingerprint density at radius 3 is 3.14 bits per heavy atom. The lowest BCUT2D eigenvalue weighted by Gasteiger charge is -2.16. The van der Waals surface area contributed by atoms with Gasteiger partial charge in [-0.05, 0) is 31.2 Å². The molecule has 114 valence electrons. The van der Waals surface area contributed by atoms with Crippen molar-refractivity contribution in [3.63, 3.8) is 0 Å². The molecule has 2 unspecified atom stereocenters. The van der Waals surface area contributed by atoms with E-state index >= 15 is 0 Å². The van der Waals surface area contributed by atoms with Crippen molar-refractivity contribution in [1.82, 2.24) is 14.7 Å². The molecule has 3 rings (SSSR count). The maximum Gasteiger partial charge on any atom is 0.251 e. The van der Waals surface area contributed by atoms with Crippen LogP contribution in [0.15, 0.2) is 53.7 Å². The molecule has 0 bridgehead atoms. The summed E-state index contributed by atoms with van der Waals surface area (Å²) in [5.74, 6) is 0.324. The number of aliphatic hydroxyl groups is 1. The smallest absolute Gasteiger partial charge is 0.251 e. The van der Waals surface area contributed by atoms with E-state index in [1.54, 1.807) is 43.0 Å². The first-order chi connectivity index (χ1) is 10.6. The average Bonchev–Trinajstić information content (AvgIpc) is 3.17. The van der Waals surface area contributed by atoms with E-state index in [0.29, 0.717) is 17.7 Å². The Morgan fingerprint density at radius 1 is 1.50 bits per heavy atom. The van der Waals surface area contributed by atoms with Crippen LogP contribution < -0.4 is 5.32 Å². The van der Waals surface area contributed by atoms with Gasteiger partial charge in [0.15, 0.2) is 0 Å². The Morgan fingerprint density at radius 2 is 2.36 bits per heavy atom. The number of nitrogens with one attached hydrogen (secondary N) is 1. The van der Waals surface area contributed by atoms with Gasteiger partial charge in [-0.3, -0.25) is 4.79 Å². The van der Waals surface area contributed by atoms with Gasteiger partial charge in [0.2, 0.25) is 0 Å². The number of nitrogens with zero attached hydrogens (tertiary/aromatic N) is 2. The summed E-state index contributed by atoms with van der Waals surface area (Å²) in [4.78, 5) is 16.3. The van der Waals surface area contributed by atoms with E-state index in [4.69, 9.17) is 4.42 Å². The molecule has 6 heteroatoms. The molecule has 0 aliphatic carbocycles. The van der Waals surface area contributed by atoms with Crippen LogP contribution in [0, 0.1) is 0 Å². The van der Waals surface area contributed by atoms with Crippen molar-refractivity contribution in [3.8, 4) is 0 Å². The molecule has 2 N–H and O–H groups in total. The van der Waals surface area contributed by atoms with Crippen molar-refractivity contribution in [3.05, 3.63) is 60.6 Å². The monoisotopic (exact) mass is 299 g/mol. The molecule has 3 heterocycles. The van der Waals surface area contributed by atoms with E-state index in [9.17, 15) is 9.90 Å². The number of hydrogen-bond acceptors (Lipinski definition) is 4. The summed E-state index contributed by atoms with van der Waals surface area (Å²) in [6.45, 7) is 1.85. The second kappa shape index (κ2) is 6.03. The number of aliphatic hydroxyl groups excluding tert-OH is 1. The quantitative estimate of drug-likeness (QED) is 0.756. The second-order valence-electron chi connectivity index (χ2n) is 5.28. The van der Waals surface area contributed by atoms with Crippen LogP contribution in [0.1, 0.15) is 35.6 Å². The van der Waals surface area contributed by atoms with Crippen LogP contribution in [0.25, 0.3) is 5.52 Å². The van der Waals surface area contributed by atoms with E-state index in [-0.39, 0.29) is 11.9 Å². The summed E-state index contributed by atoms with van der Waals surface area (Å²) in [5.41, 5.74) is 1.42. The number of hydrogen-bond donors (Lipinski definition) is 2. The number of carbonyl (C=O) groups excluding carboxylic acids is 1. The summed E-state index contributed by atoms with van der Waals surface area (Å²) in [6, 6.07) is 6.77. The topological polar surface area (TPSA) is 79.8 Å². The van der Waals surface area contributed by atoms with Gasteiger partial charge >= 0.3 is 0 Å². The lowest BCUT2D eigenvalue weighted by Crippen LogP contribution is -2.33. The molecule has 0 fully saturated rings. The largest absolute Gasteiger partial charge is 0.467 e. The zero-order valence-corrected chi connectivity index (χ0v) is 12.1. The summed E-state index contributed by atoms with van der Waals surface area (Å²) in [6.07, 6.45) is 6.33. The second-order valence-corrected chi connectivity index (χ2v) is 5.28. The predicted molar refractivity (Wildman–Crippen MR) is 80.4 cm³/mol. The molecular weight excluding hydrogens is 282 g/mol. The third-order valence-corrected chi connectivity index (χ3v) is 3.50. The Hall–Kier alpha value is -2.60. The molecule has 22 heavy (non-hydrogen) atoms. The van der Waals surface area contributed by atoms with E-state index in [1.165, 1.54) is 6.26 Å². The third-order valence-electron chi connectivity index (χ3n) is 3.50. The molecule has 0 spiro atoms. The molecule has 3 aromatic heterocycles. The van der Waals surface area contributed by atoms with Crippen molar-refractivity contribution < 1.29 is 14.3 Å². The Kier molecular flexibility index (Phi) is 3.93. The van der Waals surface area contributed by atoms with E-state index in [2.05, 4.69) is 10.3 Å². The minimum absolute atomic E-state index is 0.178. The van der Waals surface area contributed by atoms with Gasteiger partial charge in [0.1, 0.15) is 11.9 Å². The maximum atomic E-state index is 12.2. The highest BCUT2D eigenvalue weighted by Crippen LogP contribution is 2.18. The van der Waals surface area contributed by atoms with Crippen LogP contribution in [-0.4, -0.2) is 26.4 Å². The van der Waals surface area contributed by atoms with Gasteiger partial charge in [0.05, 0.1) is 24.3 Å². The minimum atomic E-state index is -0.734. The number of amides is 1. The van der Waals surface area contributed by atoms with Crippen LogP contribution in [0.4, 0.5) is 0 Å². The lowest BCUT2D eigenvalue weighted by atomic mass is 10.1. The number of furan rings is 1. The van der Waals surface area contributed by atoms with Crippen molar-refractivity contribution >= 4 is 11.4 Å². The minimum Gasteiger partial charge on any atom is -0.467 e. The number of fused-ring (bicyclic) bond motifs is 1. The fraction of sp³-hybridized carbons (Fsp3) is 0.250. The number of rotatable bonds is 5. The molecule has 1 amide bonds. The van der Waals surface area contributed by atoms with E-state index in [1.807, 2.05) is 11.3 Å². The lowest BCUT2D eigenvalue weighted by molar-refractivity contribution is 0.0903. The van der Waals surface area contributed by atoms with E-state index in [0.717, 1.165) is 5.52 Å². The Labute approximate surface area is 127 Å². The van der Waals surface area contributed by atoms with Crippen LogP contribution in [0.5, 0.6) is 0 Å². The Bertz CT molecular complexity index is 764. The van der Waals surface area contributed by atoms with Crippen LogP contribution in [-0.2, 0) is 0 Å². The molecule has 0 radical (unpaired) electrons. The molecule has 2 atom stereocenters. The van der Waals surface area contributed by atoms with Crippen LogP contribution >= 0.6 is 0 Å². The molecule has 0 saturated heterocycles. The molecular formula is C16H17N3O3. The number of imidazole rings is 1. The van der Waals surface area contributed by atoms with Gasteiger partial charge in [-0.1, -0.05) is 0 Å². The number of carbonyl (C=O) groups is 1. The highest BCUT2D eigenvalue weighted by molar-refractivity contribution is 5.95. The van der Waals surface area contributed by atoms with Crippen molar-refractivity contribution in [1.29, 1.82) is 0 Å². The van der Waals surface area contributed by atoms with Gasteiger partial charge in [0, 0.05) is 24.2 Å². The van der Waals surface area contributed by atoms with Gasteiger partial charge in [-0.2, -0.15) is 0 Å². The molecule has 3 aromatic rings. The molecule has 0 saturated carbocycles. The van der Waals surface area contributed by atoms with E-state index < -0.39 is 6.10 Å². The van der Waals surface area contributed by atoms with Crippen molar-refractivity contribution in [2.24, 2.45) is 0 Å². The summed E-state index contributed by atoms with van der Waals surface area (Å²) < 4.78 is 6.99. The maximum absolute atomic E-state index is 12.2. The average molecular weight is 299 g/mol. The first-order valence-electron chi connectivity index (χ1n) is 7.07. The van der Waals surface area contributed by atoms with Gasteiger partial charge in [0.25, 0.3) is 5.91 Å². The fourth-order valence-electron chi connectivity index (χ4n) is 2.36. The molecule has 0 aliphatic rings. The molecule has 0 aromatic carbocycles. The summed E-state index contributed by atoms with van der Waals surface area (Å²) in [5, 5.41) is 12.9. The first-order valence-corrected chi connectivity index (χ1v) is 7.07. The zero-order chi connectivity index (χ0) is 15.5. The third kappa shape index (κ3) is 3.01. The highest BCUT2D eigenvalue weighted by atomic mass is 16.4. The van der Waals surface area contributed by atoms with Gasteiger partial charge in [-0.15, -0.1) is 0 Å². The zero-order valence-electron chi connectivity index (χ0n) is 12.1. The van der Waals surface area contributed by atoms with Gasteiger partial charge < -0.3 is 19.2 Å². The van der Waals surface area contributed by atoms with Crippen molar-refractivity contribution in [2.75, 3.05) is 0 Å². The summed E-state index contributed by atoms with van der Waals surface area (Å²) in [7, 11) is 0. The Balaban J connectivity index is 1.63. The van der Waals surface area contributed by atoms with Crippen LogP contribution in [0.3, 0.4) is 0 Å². The summed E-state index contributed by atoms with van der Waals surface area (Å²) >= 11 is 0. The number of pyridine rings is 1. The van der Waals surface area contributed by atoms with Crippen LogP contribution in [0.2, 0.25) is 0 Å². The highest BCUT2D eigenvalue weighted by Gasteiger charge is 2.17. The fourth-order valence-corrected chi connectivity index (χ4v) is 2.36. The number of aromatic nitrogens is 2. The first kappa shape index (κ1) is 14.3. The molecule has 6 nitrogen and oxygen atoms in total.